The Kier molecular flexibility index (Phi) is 2.87. The van der Waals surface area contributed by atoms with Gasteiger partial charge in [0.15, 0.2) is 17.3 Å². The molecule has 2 rings (SSSR count). The molecule has 0 bridgehead atoms. The number of fused-ring (bicyclic) bond motifs is 1. The predicted molar refractivity (Wildman–Crippen MR) is 53.5 cm³/mol. The normalized spacial score (nSPS) is 13.7. The second kappa shape index (κ2) is 4.31. The maximum atomic E-state index is 11.5. The molecular weight excluding hydrogens is 196 g/mol. The lowest BCUT2D eigenvalue weighted by molar-refractivity contribution is 0.0955. The van der Waals surface area contributed by atoms with Gasteiger partial charge in [-0.1, -0.05) is 0 Å². The largest absolute Gasteiger partial charge is 0.486 e. The zero-order valence-corrected chi connectivity index (χ0v) is 8.23. The number of carbonyl (C=O) groups is 1. The molecule has 0 amide bonds. The highest BCUT2D eigenvalue weighted by atomic mass is 16.6. The van der Waals surface area contributed by atoms with E-state index in [1.807, 2.05) is 0 Å². The van der Waals surface area contributed by atoms with Crippen molar-refractivity contribution in [2.75, 3.05) is 19.8 Å². The quantitative estimate of drug-likeness (QED) is 0.753. The van der Waals surface area contributed by atoms with E-state index in [0.717, 1.165) is 0 Å². The highest BCUT2D eigenvalue weighted by molar-refractivity contribution is 5.96. The van der Waals surface area contributed by atoms with Crippen molar-refractivity contribution in [1.29, 1.82) is 0 Å². The van der Waals surface area contributed by atoms with Crippen LogP contribution in [0.3, 0.4) is 0 Å². The lowest BCUT2D eigenvalue weighted by Crippen LogP contribution is -2.15. The number of benzene rings is 1. The Balaban J connectivity index is 2.24. The van der Waals surface area contributed by atoms with E-state index in [-0.39, 0.29) is 18.8 Å². The Hall–Kier alpha value is -1.55. The molecule has 15 heavy (non-hydrogen) atoms. The van der Waals surface area contributed by atoms with E-state index in [1.165, 1.54) is 0 Å². The number of ketones is 1. The van der Waals surface area contributed by atoms with Gasteiger partial charge in [0.2, 0.25) is 0 Å². The highest BCUT2D eigenvalue weighted by Crippen LogP contribution is 2.30. The number of rotatable bonds is 3. The van der Waals surface area contributed by atoms with E-state index in [9.17, 15) is 4.79 Å². The van der Waals surface area contributed by atoms with Gasteiger partial charge in [-0.15, -0.1) is 0 Å². The molecule has 0 spiro atoms. The van der Waals surface area contributed by atoms with Gasteiger partial charge in [-0.2, -0.15) is 0 Å². The molecule has 4 nitrogen and oxygen atoms in total. The number of ether oxygens (including phenoxy) is 2. The van der Waals surface area contributed by atoms with Gasteiger partial charge >= 0.3 is 0 Å². The maximum absolute atomic E-state index is 11.5. The molecule has 1 aromatic carbocycles. The topological polar surface area (TPSA) is 55.8 Å². The third-order valence-electron chi connectivity index (χ3n) is 2.20. The molecule has 1 heterocycles. The fourth-order valence-electron chi connectivity index (χ4n) is 1.46. The molecule has 1 aliphatic heterocycles. The number of aliphatic hydroxyl groups is 1. The molecule has 0 fully saturated rings. The molecule has 0 atom stereocenters. The van der Waals surface area contributed by atoms with Crippen molar-refractivity contribution in [3.63, 3.8) is 0 Å². The van der Waals surface area contributed by atoms with E-state index < -0.39 is 0 Å². The average molecular weight is 208 g/mol. The minimum Gasteiger partial charge on any atom is -0.486 e. The first-order valence-corrected chi connectivity index (χ1v) is 4.85. The van der Waals surface area contributed by atoms with Crippen molar-refractivity contribution in [2.24, 2.45) is 0 Å². The van der Waals surface area contributed by atoms with Gasteiger partial charge in [0.25, 0.3) is 0 Å². The van der Waals surface area contributed by atoms with Crippen molar-refractivity contribution in [2.45, 2.75) is 6.42 Å². The first kappa shape index (κ1) is 9.98. The summed E-state index contributed by atoms with van der Waals surface area (Å²) in [6, 6.07) is 5.07. The average Bonchev–Trinajstić information content (AvgIpc) is 2.29. The summed E-state index contributed by atoms with van der Waals surface area (Å²) in [4.78, 5) is 11.5. The van der Waals surface area contributed by atoms with Crippen LogP contribution in [0, 0.1) is 0 Å². The van der Waals surface area contributed by atoms with Crippen LogP contribution in [0.15, 0.2) is 18.2 Å². The van der Waals surface area contributed by atoms with E-state index in [1.54, 1.807) is 18.2 Å². The van der Waals surface area contributed by atoms with Crippen molar-refractivity contribution in [3.05, 3.63) is 23.8 Å². The highest BCUT2D eigenvalue weighted by Gasteiger charge is 2.14. The summed E-state index contributed by atoms with van der Waals surface area (Å²) < 4.78 is 10.7. The number of aliphatic hydroxyl groups excluding tert-OH is 1. The van der Waals surface area contributed by atoms with Gasteiger partial charge in [0.1, 0.15) is 13.2 Å². The number of carbonyl (C=O) groups excluding carboxylic acids is 1. The Morgan fingerprint density at radius 2 is 2.00 bits per heavy atom. The van der Waals surface area contributed by atoms with Crippen molar-refractivity contribution in [3.8, 4) is 11.5 Å². The summed E-state index contributed by atoms with van der Waals surface area (Å²) in [6.45, 7) is 0.912. The van der Waals surface area contributed by atoms with Crippen molar-refractivity contribution >= 4 is 5.78 Å². The lowest BCUT2D eigenvalue weighted by Gasteiger charge is -2.18. The van der Waals surface area contributed by atoms with E-state index in [2.05, 4.69) is 0 Å². The molecule has 0 aliphatic carbocycles. The first-order valence-electron chi connectivity index (χ1n) is 4.85. The molecule has 1 aliphatic rings. The third kappa shape index (κ3) is 2.10. The first-order chi connectivity index (χ1) is 7.31. The Bertz CT molecular complexity index is 373. The van der Waals surface area contributed by atoms with Crippen molar-refractivity contribution in [1.82, 2.24) is 0 Å². The molecule has 4 heteroatoms. The molecule has 80 valence electrons. The maximum Gasteiger partial charge on any atom is 0.165 e. The van der Waals surface area contributed by atoms with Gasteiger partial charge in [-0.25, -0.2) is 0 Å². The summed E-state index contributed by atoms with van der Waals surface area (Å²) in [5.41, 5.74) is 0.549. The van der Waals surface area contributed by atoms with E-state index >= 15 is 0 Å². The number of hydrogen-bond acceptors (Lipinski definition) is 4. The number of Topliss-reactive ketones (excluding diaryl/α,β-unsaturated/α-hetero) is 1. The van der Waals surface area contributed by atoms with Crippen LogP contribution in [0.25, 0.3) is 0 Å². The predicted octanol–water partition coefficient (Wildman–Crippen LogP) is 1.02. The van der Waals surface area contributed by atoms with Crippen LogP contribution in [-0.2, 0) is 0 Å². The van der Waals surface area contributed by atoms with Crippen LogP contribution in [0.5, 0.6) is 11.5 Å². The standard InChI is InChI=1S/C11H12O4/c12-4-3-9(13)8-1-2-10-11(7-8)15-6-5-14-10/h1-2,7,12H,3-6H2. The summed E-state index contributed by atoms with van der Waals surface area (Å²) >= 11 is 0. The lowest BCUT2D eigenvalue weighted by atomic mass is 10.1. The van der Waals surface area contributed by atoms with E-state index in [4.69, 9.17) is 14.6 Å². The number of hydrogen-bond donors (Lipinski definition) is 1. The van der Waals surface area contributed by atoms with Crippen LogP contribution in [-0.4, -0.2) is 30.7 Å². The molecular formula is C11H12O4. The van der Waals surface area contributed by atoms with Crippen LogP contribution in [0.1, 0.15) is 16.8 Å². The fraction of sp³-hybridized carbons (Fsp3) is 0.364. The Labute approximate surface area is 87.4 Å². The molecule has 0 radical (unpaired) electrons. The molecule has 0 aromatic heterocycles. The van der Waals surface area contributed by atoms with Gasteiger partial charge in [0.05, 0.1) is 6.61 Å². The summed E-state index contributed by atoms with van der Waals surface area (Å²) in [7, 11) is 0. The van der Waals surface area contributed by atoms with Crippen LogP contribution in [0.4, 0.5) is 0 Å². The van der Waals surface area contributed by atoms with Gasteiger partial charge in [-0.3, -0.25) is 4.79 Å². The van der Waals surface area contributed by atoms with Crippen LogP contribution < -0.4 is 9.47 Å². The Morgan fingerprint density at radius 1 is 1.27 bits per heavy atom. The second-order valence-corrected chi connectivity index (χ2v) is 3.26. The molecule has 0 saturated carbocycles. The molecule has 0 saturated heterocycles. The minimum absolute atomic E-state index is 0.0885. The van der Waals surface area contributed by atoms with Gasteiger partial charge < -0.3 is 14.6 Å². The smallest absolute Gasteiger partial charge is 0.165 e. The fourth-order valence-corrected chi connectivity index (χ4v) is 1.46. The minimum atomic E-state index is -0.132. The summed E-state index contributed by atoms with van der Waals surface area (Å²) in [5.74, 6) is 1.18. The monoisotopic (exact) mass is 208 g/mol. The molecule has 1 aromatic rings. The van der Waals surface area contributed by atoms with Crippen LogP contribution in [0.2, 0.25) is 0 Å². The Morgan fingerprint density at radius 3 is 2.73 bits per heavy atom. The summed E-state index contributed by atoms with van der Waals surface area (Å²) in [6.07, 6.45) is 0.139. The summed E-state index contributed by atoms with van der Waals surface area (Å²) in [5, 5.41) is 8.66. The second-order valence-electron chi connectivity index (χ2n) is 3.26. The van der Waals surface area contributed by atoms with Gasteiger partial charge in [0, 0.05) is 12.0 Å². The zero-order valence-electron chi connectivity index (χ0n) is 8.23. The van der Waals surface area contributed by atoms with Crippen molar-refractivity contribution < 1.29 is 19.4 Å². The molecule has 1 N–H and O–H groups in total. The molecule has 0 unspecified atom stereocenters. The van der Waals surface area contributed by atoms with Crippen LogP contribution >= 0.6 is 0 Å². The third-order valence-corrected chi connectivity index (χ3v) is 2.20. The SMILES string of the molecule is O=C(CCO)c1ccc2c(c1)OCCO2. The van der Waals surface area contributed by atoms with E-state index in [0.29, 0.717) is 30.3 Å². The van der Waals surface area contributed by atoms with Gasteiger partial charge in [-0.05, 0) is 18.2 Å². The zero-order chi connectivity index (χ0) is 10.7.